The van der Waals surface area contributed by atoms with E-state index < -0.39 is 0 Å². The average Bonchev–Trinajstić information content (AvgIpc) is 2.17. The molecule has 0 saturated heterocycles. The molecule has 2 heteroatoms. The van der Waals surface area contributed by atoms with Crippen molar-refractivity contribution in [1.29, 1.82) is 0 Å². The lowest BCUT2D eigenvalue weighted by molar-refractivity contribution is 0.879. The lowest BCUT2D eigenvalue weighted by Gasteiger charge is -2.13. The molecular weight excluding hydrogens is 250 g/mol. The highest BCUT2D eigenvalue weighted by atomic mass is 79.9. The van der Waals surface area contributed by atoms with Gasteiger partial charge in [-0.15, -0.1) is 0 Å². The summed E-state index contributed by atoms with van der Waals surface area (Å²) in [5.41, 5.74) is 8.15. The standard InChI is InChI=1S/C13H14BrN/c1-8(2)13-10-4-3-5-11(14)9(10)6-7-12(13)15/h3-8H,15H2,1-2H3. The SMILES string of the molecule is CC(C)c1c(N)ccc2c(Br)cccc12. The van der Waals surface area contributed by atoms with E-state index in [9.17, 15) is 0 Å². The zero-order valence-electron chi connectivity index (χ0n) is 8.92. The van der Waals surface area contributed by atoms with Crippen LogP contribution < -0.4 is 5.73 Å². The topological polar surface area (TPSA) is 26.0 Å². The predicted molar refractivity (Wildman–Crippen MR) is 70.1 cm³/mol. The second-order valence-electron chi connectivity index (χ2n) is 4.06. The molecule has 0 unspecified atom stereocenters. The minimum atomic E-state index is 0.447. The summed E-state index contributed by atoms with van der Waals surface area (Å²) in [5.74, 6) is 0.447. The van der Waals surface area contributed by atoms with Crippen LogP contribution >= 0.6 is 15.9 Å². The van der Waals surface area contributed by atoms with E-state index in [4.69, 9.17) is 5.73 Å². The van der Waals surface area contributed by atoms with Crippen LogP contribution in [0, 0.1) is 0 Å². The van der Waals surface area contributed by atoms with Gasteiger partial charge in [-0.3, -0.25) is 0 Å². The van der Waals surface area contributed by atoms with Crippen molar-refractivity contribution >= 4 is 32.4 Å². The van der Waals surface area contributed by atoms with Gasteiger partial charge < -0.3 is 5.73 Å². The number of nitrogens with two attached hydrogens (primary N) is 1. The average molecular weight is 264 g/mol. The molecule has 0 heterocycles. The Hall–Kier alpha value is -1.02. The highest BCUT2D eigenvalue weighted by Crippen LogP contribution is 2.33. The molecule has 0 aromatic heterocycles. The summed E-state index contributed by atoms with van der Waals surface area (Å²) in [6.07, 6.45) is 0. The molecule has 2 aromatic rings. The van der Waals surface area contributed by atoms with Crippen LogP contribution in [0.2, 0.25) is 0 Å². The van der Waals surface area contributed by atoms with E-state index in [1.807, 2.05) is 6.07 Å². The van der Waals surface area contributed by atoms with Crippen molar-refractivity contribution in [2.24, 2.45) is 0 Å². The van der Waals surface area contributed by atoms with Gasteiger partial charge >= 0.3 is 0 Å². The van der Waals surface area contributed by atoms with Gasteiger partial charge in [0.1, 0.15) is 0 Å². The van der Waals surface area contributed by atoms with E-state index in [0.717, 1.165) is 10.2 Å². The first-order valence-corrected chi connectivity index (χ1v) is 5.87. The molecule has 0 saturated carbocycles. The van der Waals surface area contributed by atoms with Crippen molar-refractivity contribution in [1.82, 2.24) is 0 Å². The van der Waals surface area contributed by atoms with Crippen LogP contribution in [0.1, 0.15) is 25.3 Å². The maximum atomic E-state index is 6.02. The fraction of sp³-hybridized carbons (Fsp3) is 0.231. The Labute approximate surface area is 98.4 Å². The van der Waals surface area contributed by atoms with Crippen LogP contribution in [0.15, 0.2) is 34.8 Å². The highest BCUT2D eigenvalue weighted by molar-refractivity contribution is 9.10. The molecule has 0 bridgehead atoms. The Bertz CT molecular complexity index is 503. The second-order valence-corrected chi connectivity index (χ2v) is 4.91. The maximum Gasteiger partial charge on any atom is 0.0355 e. The molecule has 0 fully saturated rings. The number of anilines is 1. The van der Waals surface area contributed by atoms with E-state index in [-0.39, 0.29) is 0 Å². The Kier molecular flexibility index (Phi) is 2.70. The molecular formula is C13H14BrN. The quantitative estimate of drug-likeness (QED) is 0.763. The van der Waals surface area contributed by atoms with Crippen molar-refractivity contribution in [2.75, 3.05) is 5.73 Å². The zero-order chi connectivity index (χ0) is 11.0. The van der Waals surface area contributed by atoms with Crippen LogP contribution in [-0.2, 0) is 0 Å². The Morgan fingerprint density at radius 2 is 1.80 bits per heavy atom. The van der Waals surface area contributed by atoms with Gasteiger partial charge in [0.15, 0.2) is 0 Å². The summed E-state index contributed by atoms with van der Waals surface area (Å²) in [6, 6.07) is 10.3. The summed E-state index contributed by atoms with van der Waals surface area (Å²) in [6.45, 7) is 4.35. The fourth-order valence-corrected chi connectivity index (χ4v) is 2.50. The van der Waals surface area contributed by atoms with E-state index in [2.05, 4.69) is 54.0 Å². The van der Waals surface area contributed by atoms with Gasteiger partial charge in [0, 0.05) is 10.2 Å². The summed E-state index contributed by atoms with van der Waals surface area (Å²) in [7, 11) is 0. The summed E-state index contributed by atoms with van der Waals surface area (Å²) in [4.78, 5) is 0. The number of hydrogen-bond donors (Lipinski definition) is 1. The number of nitrogen functional groups attached to an aromatic ring is 1. The monoisotopic (exact) mass is 263 g/mol. The van der Waals surface area contributed by atoms with Gasteiger partial charge in [-0.1, -0.05) is 48.0 Å². The summed E-state index contributed by atoms with van der Waals surface area (Å²) >= 11 is 3.56. The summed E-state index contributed by atoms with van der Waals surface area (Å²) in [5, 5.41) is 2.48. The van der Waals surface area contributed by atoms with Gasteiger partial charge in [0.2, 0.25) is 0 Å². The first kappa shape index (κ1) is 10.5. The van der Waals surface area contributed by atoms with Crippen LogP contribution in [-0.4, -0.2) is 0 Å². The van der Waals surface area contributed by atoms with E-state index in [1.54, 1.807) is 0 Å². The predicted octanol–water partition coefficient (Wildman–Crippen LogP) is 4.31. The lowest BCUT2D eigenvalue weighted by atomic mass is 9.94. The van der Waals surface area contributed by atoms with Crippen LogP contribution in [0.4, 0.5) is 5.69 Å². The Morgan fingerprint density at radius 3 is 2.47 bits per heavy atom. The van der Waals surface area contributed by atoms with Crippen molar-refractivity contribution < 1.29 is 0 Å². The van der Waals surface area contributed by atoms with Gasteiger partial charge in [-0.05, 0) is 34.4 Å². The van der Waals surface area contributed by atoms with E-state index >= 15 is 0 Å². The number of hydrogen-bond acceptors (Lipinski definition) is 1. The molecule has 2 rings (SSSR count). The first-order valence-electron chi connectivity index (χ1n) is 5.08. The third-order valence-corrected chi connectivity index (χ3v) is 3.35. The minimum absolute atomic E-state index is 0.447. The number of fused-ring (bicyclic) bond motifs is 1. The minimum Gasteiger partial charge on any atom is -0.398 e. The molecule has 0 aliphatic carbocycles. The third kappa shape index (κ3) is 1.74. The number of halogens is 1. The zero-order valence-corrected chi connectivity index (χ0v) is 10.5. The van der Waals surface area contributed by atoms with E-state index in [1.165, 1.54) is 16.3 Å². The highest BCUT2D eigenvalue weighted by Gasteiger charge is 2.10. The smallest absolute Gasteiger partial charge is 0.0355 e. The van der Waals surface area contributed by atoms with Gasteiger partial charge in [0.05, 0.1) is 0 Å². The molecule has 0 radical (unpaired) electrons. The molecule has 15 heavy (non-hydrogen) atoms. The molecule has 1 nitrogen and oxygen atoms in total. The van der Waals surface area contributed by atoms with Gasteiger partial charge in [0.25, 0.3) is 0 Å². The van der Waals surface area contributed by atoms with Crippen LogP contribution in [0.25, 0.3) is 10.8 Å². The first-order chi connectivity index (χ1) is 7.11. The van der Waals surface area contributed by atoms with Crippen molar-refractivity contribution in [3.8, 4) is 0 Å². The fourth-order valence-electron chi connectivity index (χ4n) is 2.00. The molecule has 78 valence electrons. The molecule has 0 aliphatic rings. The van der Waals surface area contributed by atoms with Gasteiger partial charge in [-0.2, -0.15) is 0 Å². The molecule has 0 amide bonds. The molecule has 2 aromatic carbocycles. The lowest BCUT2D eigenvalue weighted by Crippen LogP contribution is -1.97. The van der Waals surface area contributed by atoms with Crippen LogP contribution in [0.5, 0.6) is 0 Å². The van der Waals surface area contributed by atoms with Crippen molar-refractivity contribution in [2.45, 2.75) is 19.8 Å². The molecule has 0 spiro atoms. The van der Waals surface area contributed by atoms with Crippen molar-refractivity contribution in [3.63, 3.8) is 0 Å². The Morgan fingerprint density at radius 1 is 1.07 bits per heavy atom. The number of benzene rings is 2. The van der Waals surface area contributed by atoms with Crippen molar-refractivity contribution in [3.05, 3.63) is 40.4 Å². The maximum absolute atomic E-state index is 6.02. The largest absolute Gasteiger partial charge is 0.398 e. The molecule has 0 aliphatic heterocycles. The molecule has 2 N–H and O–H groups in total. The third-order valence-electron chi connectivity index (χ3n) is 2.66. The van der Waals surface area contributed by atoms with Gasteiger partial charge in [-0.25, -0.2) is 0 Å². The number of rotatable bonds is 1. The Balaban J connectivity index is 2.88. The summed E-state index contributed by atoms with van der Waals surface area (Å²) < 4.78 is 1.13. The van der Waals surface area contributed by atoms with E-state index in [0.29, 0.717) is 5.92 Å². The normalized spacial score (nSPS) is 11.2. The van der Waals surface area contributed by atoms with Crippen LogP contribution in [0.3, 0.4) is 0 Å². The second kappa shape index (κ2) is 3.86. The molecule has 0 atom stereocenters.